The Kier molecular flexibility index (Phi) is 4.94. The van der Waals surface area contributed by atoms with E-state index in [0.29, 0.717) is 18.6 Å². The van der Waals surface area contributed by atoms with Crippen molar-refractivity contribution in [2.45, 2.75) is 38.7 Å². The first-order chi connectivity index (χ1) is 11.2. The van der Waals surface area contributed by atoms with Crippen molar-refractivity contribution in [1.82, 2.24) is 10.6 Å². The van der Waals surface area contributed by atoms with Crippen LogP contribution in [0.15, 0.2) is 29.3 Å². The van der Waals surface area contributed by atoms with E-state index in [1.165, 1.54) is 25.7 Å². The Hall–Kier alpha value is -1.91. The summed E-state index contributed by atoms with van der Waals surface area (Å²) in [6, 6.07) is 7.79. The maximum Gasteiger partial charge on any atom is 0.191 e. The monoisotopic (exact) mass is 317 g/mol. The molecule has 0 bridgehead atoms. The molecule has 3 rings (SSSR count). The molecule has 1 aromatic rings. The average Bonchev–Trinajstić information content (AvgIpc) is 2.56. The Balaban J connectivity index is 1.46. The average molecular weight is 317 g/mol. The third kappa shape index (κ3) is 3.71. The molecular weight excluding hydrogens is 290 g/mol. The zero-order chi connectivity index (χ0) is 16.1. The van der Waals surface area contributed by atoms with Gasteiger partial charge in [0, 0.05) is 13.6 Å². The minimum atomic E-state index is -0.00714. The molecule has 1 aliphatic carbocycles. The molecule has 23 heavy (non-hydrogen) atoms. The second kappa shape index (κ2) is 7.11. The topological polar surface area (TPSA) is 54.9 Å². The fraction of sp³-hybridized carbons (Fsp3) is 0.611. The molecule has 1 fully saturated rings. The van der Waals surface area contributed by atoms with Crippen LogP contribution in [0.1, 0.15) is 32.6 Å². The number of aliphatic imine (C=N–C) groups is 1. The fourth-order valence-corrected chi connectivity index (χ4v) is 3.20. The first kappa shape index (κ1) is 16.0. The number of nitrogens with one attached hydrogen (secondary N) is 2. The van der Waals surface area contributed by atoms with Crippen molar-refractivity contribution in [3.63, 3.8) is 0 Å². The first-order valence-electron chi connectivity index (χ1n) is 8.58. The van der Waals surface area contributed by atoms with Gasteiger partial charge in [-0.1, -0.05) is 25.5 Å². The maximum atomic E-state index is 5.96. The Morgan fingerprint density at radius 3 is 2.70 bits per heavy atom. The van der Waals surface area contributed by atoms with Gasteiger partial charge in [0.15, 0.2) is 17.5 Å². The zero-order valence-corrected chi connectivity index (χ0v) is 14.1. The fourth-order valence-electron chi connectivity index (χ4n) is 3.20. The van der Waals surface area contributed by atoms with Crippen molar-refractivity contribution >= 4 is 5.96 Å². The van der Waals surface area contributed by atoms with E-state index in [1.54, 1.807) is 0 Å². The Morgan fingerprint density at radius 2 is 2.04 bits per heavy atom. The molecule has 1 unspecified atom stereocenters. The lowest BCUT2D eigenvalue weighted by Crippen LogP contribution is -2.49. The smallest absolute Gasteiger partial charge is 0.191 e. The van der Waals surface area contributed by atoms with Crippen LogP contribution in [-0.4, -0.2) is 38.8 Å². The number of para-hydroxylation sites is 2. The van der Waals surface area contributed by atoms with Crippen molar-refractivity contribution in [3.8, 4) is 11.5 Å². The molecule has 126 valence electrons. The lowest BCUT2D eigenvalue weighted by Gasteiger charge is -2.41. The van der Waals surface area contributed by atoms with E-state index in [0.717, 1.165) is 24.0 Å². The second-order valence-electron chi connectivity index (χ2n) is 6.51. The quantitative estimate of drug-likeness (QED) is 0.647. The van der Waals surface area contributed by atoms with Gasteiger partial charge < -0.3 is 20.1 Å². The Morgan fingerprint density at radius 1 is 1.26 bits per heavy atom. The predicted molar refractivity (Wildman–Crippen MR) is 92.3 cm³/mol. The summed E-state index contributed by atoms with van der Waals surface area (Å²) in [7, 11) is 1.81. The van der Waals surface area contributed by atoms with Gasteiger partial charge in [0.2, 0.25) is 0 Å². The van der Waals surface area contributed by atoms with Crippen LogP contribution in [0, 0.1) is 5.41 Å². The molecule has 2 aliphatic rings. The van der Waals surface area contributed by atoms with Gasteiger partial charge in [0.25, 0.3) is 0 Å². The Bertz CT molecular complexity index is 549. The number of ether oxygens (including phenoxy) is 2. The molecule has 0 aromatic heterocycles. The number of hydrogen-bond donors (Lipinski definition) is 2. The number of nitrogens with zero attached hydrogens (tertiary/aromatic N) is 1. The molecule has 0 amide bonds. The van der Waals surface area contributed by atoms with Crippen molar-refractivity contribution in [1.29, 1.82) is 0 Å². The van der Waals surface area contributed by atoms with E-state index in [1.807, 2.05) is 31.3 Å². The normalized spacial score (nSPS) is 22.2. The maximum absolute atomic E-state index is 5.96. The molecular formula is C18H27N3O2. The summed E-state index contributed by atoms with van der Waals surface area (Å²) in [5.41, 5.74) is 0.473. The third-order valence-corrected chi connectivity index (χ3v) is 5.08. The van der Waals surface area contributed by atoms with Crippen LogP contribution in [0.5, 0.6) is 11.5 Å². The predicted octanol–water partition coefficient (Wildman–Crippen LogP) is 2.57. The molecule has 5 heteroatoms. The zero-order valence-electron chi connectivity index (χ0n) is 14.1. The van der Waals surface area contributed by atoms with Crippen LogP contribution in [0.25, 0.3) is 0 Å². The van der Waals surface area contributed by atoms with Crippen LogP contribution in [0.4, 0.5) is 0 Å². The van der Waals surface area contributed by atoms with E-state index in [9.17, 15) is 0 Å². The van der Waals surface area contributed by atoms with E-state index >= 15 is 0 Å². The van der Waals surface area contributed by atoms with Crippen LogP contribution in [0.3, 0.4) is 0 Å². The third-order valence-electron chi connectivity index (χ3n) is 5.08. The highest BCUT2D eigenvalue weighted by atomic mass is 16.6. The minimum absolute atomic E-state index is 0.00714. The number of fused-ring (bicyclic) bond motifs is 1. The van der Waals surface area contributed by atoms with Gasteiger partial charge in [-0.3, -0.25) is 4.99 Å². The lowest BCUT2D eigenvalue weighted by atomic mass is 9.67. The summed E-state index contributed by atoms with van der Waals surface area (Å²) in [6.07, 6.45) is 5.22. The standard InChI is InChI=1S/C18H27N3O2/c1-3-18(9-6-10-18)13-21-17(19-2)20-11-14-12-22-15-7-4-5-8-16(15)23-14/h4-5,7-8,14H,3,6,9-13H2,1-2H3,(H2,19,20,21). The number of guanidine groups is 1. The summed E-state index contributed by atoms with van der Waals surface area (Å²) in [4.78, 5) is 4.31. The number of hydrogen-bond acceptors (Lipinski definition) is 3. The van der Waals surface area contributed by atoms with Crippen molar-refractivity contribution in [2.24, 2.45) is 10.4 Å². The van der Waals surface area contributed by atoms with E-state index in [4.69, 9.17) is 9.47 Å². The van der Waals surface area contributed by atoms with Gasteiger partial charge in [-0.2, -0.15) is 0 Å². The van der Waals surface area contributed by atoms with E-state index in [-0.39, 0.29) is 6.10 Å². The van der Waals surface area contributed by atoms with Crippen LogP contribution >= 0.6 is 0 Å². The molecule has 5 nitrogen and oxygen atoms in total. The highest BCUT2D eigenvalue weighted by molar-refractivity contribution is 5.79. The van der Waals surface area contributed by atoms with Crippen LogP contribution in [-0.2, 0) is 0 Å². The highest BCUT2D eigenvalue weighted by Crippen LogP contribution is 2.43. The highest BCUT2D eigenvalue weighted by Gasteiger charge is 2.35. The summed E-state index contributed by atoms with van der Waals surface area (Å²) < 4.78 is 11.7. The molecule has 2 N–H and O–H groups in total. The van der Waals surface area contributed by atoms with Gasteiger partial charge >= 0.3 is 0 Å². The van der Waals surface area contributed by atoms with E-state index < -0.39 is 0 Å². The summed E-state index contributed by atoms with van der Waals surface area (Å²) in [5, 5.41) is 6.81. The molecule has 1 saturated carbocycles. The largest absolute Gasteiger partial charge is 0.486 e. The number of benzene rings is 1. The van der Waals surface area contributed by atoms with Gasteiger partial charge in [-0.15, -0.1) is 0 Å². The van der Waals surface area contributed by atoms with Crippen LogP contribution < -0.4 is 20.1 Å². The van der Waals surface area contributed by atoms with Crippen LogP contribution in [0.2, 0.25) is 0 Å². The van der Waals surface area contributed by atoms with Gasteiger partial charge in [-0.05, 0) is 36.8 Å². The molecule has 1 heterocycles. The molecule has 1 aliphatic heterocycles. The summed E-state index contributed by atoms with van der Waals surface area (Å²) in [6.45, 7) is 4.50. The van der Waals surface area contributed by atoms with Crippen molar-refractivity contribution in [2.75, 3.05) is 26.7 Å². The van der Waals surface area contributed by atoms with Gasteiger partial charge in [0.1, 0.15) is 12.7 Å². The molecule has 0 saturated heterocycles. The minimum Gasteiger partial charge on any atom is -0.486 e. The van der Waals surface area contributed by atoms with Gasteiger partial charge in [-0.25, -0.2) is 0 Å². The first-order valence-corrected chi connectivity index (χ1v) is 8.58. The SMILES string of the molecule is CCC1(CNC(=NC)NCC2COc3ccccc3O2)CCC1. The summed E-state index contributed by atoms with van der Waals surface area (Å²) >= 11 is 0. The summed E-state index contributed by atoms with van der Waals surface area (Å²) in [5.74, 6) is 2.47. The molecule has 1 atom stereocenters. The molecule has 0 spiro atoms. The van der Waals surface area contributed by atoms with Crippen molar-refractivity contribution in [3.05, 3.63) is 24.3 Å². The Labute approximate surface area is 138 Å². The molecule has 0 radical (unpaired) electrons. The molecule has 1 aromatic carbocycles. The van der Waals surface area contributed by atoms with E-state index in [2.05, 4.69) is 22.5 Å². The second-order valence-corrected chi connectivity index (χ2v) is 6.51. The van der Waals surface area contributed by atoms with Crippen molar-refractivity contribution < 1.29 is 9.47 Å². The number of rotatable bonds is 5. The lowest BCUT2D eigenvalue weighted by molar-refractivity contribution is 0.0933. The van der Waals surface area contributed by atoms with Gasteiger partial charge in [0.05, 0.1) is 6.54 Å².